The summed E-state index contributed by atoms with van der Waals surface area (Å²) in [6.45, 7) is 0. The van der Waals surface area contributed by atoms with Crippen LogP contribution in [0.3, 0.4) is 0 Å². The first kappa shape index (κ1) is 9.41. The molecule has 4 heteroatoms. The molecule has 0 saturated heterocycles. The van der Waals surface area contributed by atoms with Gasteiger partial charge in [-0.1, -0.05) is 33.6 Å². The van der Waals surface area contributed by atoms with Crippen molar-refractivity contribution in [2.24, 2.45) is 0 Å². The topological polar surface area (TPSA) is 0 Å². The number of rotatable bonds is 0. The molecule has 1 aliphatic carbocycles. The highest BCUT2D eigenvalue weighted by Crippen LogP contribution is 2.46. The van der Waals surface area contributed by atoms with Crippen molar-refractivity contribution in [1.29, 1.82) is 0 Å². The van der Waals surface area contributed by atoms with Crippen molar-refractivity contribution in [3.63, 3.8) is 0 Å². The van der Waals surface area contributed by atoms with Crippen LogP contribution >= 0.6 is 27.5 Å². The van der Waals surface area contributed by atoms with Crippen molar-refractivity contribution in [3.8, 4) is 0 Å². The third-order valence-electron chi connectivity index (χ3n) is 2.22. The van der Waals surface area contributed by atoms with E-state index in [1.54, 1.807) is 12.1 Å². The van der Waals surface area contributed by atoms with E-state index < -0.39 is 10.7 Å². The Labute approximate surface area is 88.0 Å². The van der Waals surface area contributed by atoms with Gasteiger partial charge in [-0.3, -0.25) is 0 Å². The van der Waals surface area contributed by atoms with Crippen LogP contribution in [0.1, 0.15) is 11.1 Å². The molecule has 1 aromatic rings. The summed E-state index contributed by atoms with van der Waals surface area (Å²) in [5.74, 6) is -2.79. The summed E-state index contributed by atoms with van der Waals surface area (Å²) in [7, 11) is 0. The molecular formula is C9H6BrClF2. The van der Waals surface area contributed by atoms with Gasteiger partial charge in [0.25, 0.3) is 5.92 Å². The quantitative estimate of drug-likeness (QED) is 0.628. The molecule has 0 heterocycles. The van der Waals surface area contributed by atoms with E-state index in [1.807, 2.05) is 0 Å². The highest BCUT2D eigenvalue weighted by molar-refractivity contribution is 9.09. The van der Waals surface area contributed by atoms with Crippen LogP contribution < -0.4 is 0 Å². The molecule has 0 aliphatic heterocycles. The molecule has 1 aromatic carbocycles. The molecule has 0 fully saturated rings. The maximum atomic E-state index is 13.4. The second kappa shape index (κ2) is 2.92. The average molecular weight is 268 g/mol. The lowest BCUT2D eigenvalue weighted by Crippen LogP contribution is -2.20. The summed E-state index contributed by atoms with van der Waals surface area (Å²) in [6.07, 6.45) is 0.361. The van der Waals surface area contributed by atoms with E-state index >= 15 is 0 Å². The fourth-order valence-electron chi connectivity index (χ4n) is 1.53. The Kier molecular flexibility index (Phi) is 2.11. The Morgan fingerprint density at radius 3 is 2.85 bits per heavy atom. The van der Waals surface area contributed by atoms with Gasteiger partial charge < -0.3 is 0 Å². The van der Waals surface area contributed by atoms with Gasteiger partial charge in [0.1, 0.15) is 0 Å². The van der Waals surface area contributed by atoms with Gasteiger partial charge in [0, 0.05) is 10.6 Å². The maximum absolute atomic E-state index is 13.4. The van der Waals surface area contributed by atoms with E-state index in [1.165, 1.54) is 6.07 Å². The molecule has 0 bridgehead atoms. The molecule has 2 rings (SSSR count). The molecule has 0 radical (unpaired) electrons. The molecular weight excluding hydrogens is 261 g/mol. The summed E-state index contributed by atoms with van der Waals surface area (Å²) >= 11 is 8.62. The van der Waals surface area contributed by atoms with Gasteiger partial charge in [-0.2, -0.15) is 0 Å². The minimum absolute atomic E-state index is 0.0573. The molecule has 1 aliphatic rings. The molecule has 1 atom stereocenters. The van der Waals surface area contributed by atoms with Crippen molar-refractivity contribution in [2.75, 3.05) is 0 Å². The zero-order chi connectivity index (χ0) is 9.64. The highest BCUT2D eigenvalue weighted by atomic mass is 79.9. The van der Waals surface area contributed by atoms with Gasteiger partial charge in [0.15, 0.2) is 0 Å². The van der Waals surface area contributed by atoms with E-state index in [-0.39, 0.29) is 5.56 Å². The zero-order valence-corrected chi connectivity index (χ0v) is 8.87. The van der Waals surface area contributed by atoms with Gasteiger partial charge in [-0.15, -0.1) is 0 Å². The van der Waals surface area contributed by atoms with Crippen molar-refractivity contribution in [2.45, 2.75) is 17.2 Å². The smallest absolute Gasteiger partial charge is 0.200 e. The lowest BCUT2D eigenvalue weighted by molar-refractivity contribution is 0.00634. The fraction of sp³-hybridized carbons (Fsp3) is 0.333. The van der Waals surface area contributed by atoms with Crippen LogP contribution in [0.15, 0.2) is 18.2 Å². The van der Waals surface area contributed by atoms with Crippen molar-refractivity contribution in [1.82, 2.24) is 0 Å². The Hall–Kier alpha value is -0.150. The van der Waals surface area contributed by atoms with Gasteiger partial charge in [0.05, 0.1) is 4.83 Å². The van der Waals surface area contributed by atoms with Crippen LogP contribution in [-0.2, 0) is 12.3 Å². The number of hydrogen-bond donors (Lipinski definition) is 0. The number of halogens is 4. The zero-order valence-electron chi connectivity index (χ0n) is 6.53. The molecule has 0 nitrogen and oxygen atoms in total. The summed E-state index contributed by atoms with van der Waals surface area (Å²) in [5, 5.41) is 0.361. The van der Waals surface area contributed by atoms with Gasteiger partial charge in [0.2, 0.25) is 0 Å². The third kappa shape index (κ3) is 1.38. The highest BCUT2D eigenvalue weighted by Gasteiger charge is 2.46. The van der Waals surface area contributed by atoms with Gasteiger partial charge in [-0.05, 0) is 24.1 Å². The maximum Gasteiger partial charge on any atom is 0.286 e. The van der Waals surface area contributed by atoms with Crippen molar-refractivity contribution < 1.29 is 8.78 Å². The number of alkyl halides is 3. The number of benzene rings is 1. The molecule has 0 spiro atoms. The first-order valence-corrected chi connectivity index (χ1v) is 5.12. The Morgan fingerprint density at radius 1 is 1.46 bits per heavy atom. The summed E-state index contributed by atoms with van der Waals surface area (Å²) in [5.41, 5.74) is 0.734. The molecule has 0 saturated carbocycles. The number of hydrogen-bond acceptors (Lipinski definition) is 0. The Balaban J connectivity index is 2.57. The van der Waals surface area contributed by atoms with Crippen LogP contribution in [0.4, 0.5) is 8.78 Å². The SMILES string of the molecule is FC1(F)c2cc(Cl)ccc2CC1Br. The Morgan fingerprint density at radius 2 is 2.15 bits per heavy atom. The summed E-state index contributed by atoms with van der Waals surface area (Å²) in [6, 6.07) is 4.65. The molecule has 70 valence electrons. The molecule has 0 amide bonds. The summed E-state index contributed by atoms with van der Waals surface area (Å²) < 4.78 is 26.8. The lowest BCUT2D eigenvalue weighted by Gasteiger charge is -2.13. The second-order valence-corrected chi connectivity index (χ2v) is 4.64. The van der Waals surface area contributed by atoms with Gasteiger partial charge >= 0.3 is 0 Å². The first-order chi connectivity index (χ1) is 6.01. The minimum atomic E-state index is -2.79. The largest absolute Gasteiger partial charge is 0.286 e. The Bertz CT molecular complexity index is 351. The van der Waals surface area contributed by atoms with E-state index in [2.05, 4.69) is 15.9 Å². The van der Waals surface area contributed by atoms with Crippen LogP contribution in [-0.4, -0.2) is 4.83 Å². The van der Waals surface area contributed by atoms with E-state index in [0.717, 1.165) is 0 Å². The number of fused-ring (bicyclic) bond motifs is 1. The second-order valence-electron chi connectivity index (χ2n) is 3.10. The molecule has 0 aromatic heterocycles. The predicted molar refractivity (Wildman–Crippen MR) is 51.8 cm³/mol. The molecule has 13 heavy (non-hydrogen) atoms. The predicted octanol–water partition coefficient (Wildman–Crippen LogP) is 3.75. The van der Waals surface area contributed by atoms with Crippen molar-refractivity contribution >= 4 is 27.5 Å². The van der Waals surface area contributed by atoms with E-state index in [9.17, 15) is 8.78 Å². The average Bonchev–Trinajstić information content (AvgIpc) is 2.27. The lowest BCUT2D eigenvalue weighted by atomic mass is 10.1. The third-order valence-corrected chi connectivity index (χ3v) is 3.36. The first-order valence-electron chi connectivity index (χ1n) is 3.82. The van der Waals surface area contributed by atoms with Crippen LogP contribution in [0, 0.1) is 0 Å². The van der Waals surface area contributed by atoms with Gasteiger partial charge in [-0.25, -0.2) is 8.78 Å². The van der Waals surface area contributed by atoms with Crippen LogP contribution in [0.2, 0.25) is 5.02 Å². The van der Waals surface area contributed by atoms with E-state index in [0.29, 0.717) is 17.0 Å². The molecule has 1 unspecified atom stereocenters. The van der Waals surface area contributed by atoms with E-state index in [4.69, 9.17) is 11.6 Å². The standard InChI is InChI=1S/C9H6BrClF2/c10-8-3-5-1-2-6(11)4-7(5)9(8,12)13/h1-2,4,8H,3H2. The fourth-order valence-corrected chi connectivity index (χ4v) is 2.29. The van der Waals surface area contributed by atoms with Crippen molar-refractivity contribution in [3.05, 3.63) is 34.3 Å². The van der Waals surface area contributed by atoms with Crippen LogP contribution in [0.5, 0.6) is 0 Å². The summed E-state index contributed by atoms with van der Waals surface area (Å²) in [4.78, 5) is -0.798. The monoisotopic (exact) mass is 266 g/mol. The minimum Gasteiger partial charge on any atom is -0.200 e. The normalized spacial score (nSPS) is 24.5. The van der Waals surface area contributed by atoms with Crippen LogP contribution in [0.25, 0.3) is 0 Å². The molecule has 0 N–H and O–H groups in total.